The number of hydrogen-bond donors (Lipinski definition) is 0. The zero-order valence-electron chi connectivity index (χ0n) is 23.1. The molecule has 0 heterocycles. The maximum Gasteiger partial charge on any atom is 0.230 e. The van der Waals surface area contributed by atoms with Crippen LogP contribution in [0.5, 0.6) is 0 Å². The second-order valence-corrected chi connectivity index (χ2v) is 9.90. The Kier molecular flexibility index (Phi) is 11.3. The number of carbonyl (C=O) groups is 2. The number of methoxy groups -OCH3 is 1. The zero-order valence-corrected chi connectivity index (χ0v) is 23.1. The van der Waals surface area contributed by atoms with Gasteiger partial charge in [0.05, 0.1) is 6.54 Å². The van der Waals surface area contributed by atoms with Gasteiger partial charge in [0.2, 0.25) is 5.91 Å². The molecule has 1 saturated carbocycles. The van der Waals surface area contributed by atoms with Crippen LogP contribution in [0.4, 0.5) is 11.4 Å². The Labute approximate surface area is 227 Å². The second-order valence-electron chi connectivity index (χ2n) is 9.90. The van der Waals surface area contributed by atoms with E-state index in [-0.39, 0.29) is 11.8 Å². The number of amides is 1. The molecule has 0 unspecified atom stereocenters. The van der Waals surface area contributed by atoms with Gasteiger partial charge in [-0.25, -0.2) is 0 Å². The lowest BCUT2D eigenvalue weighted by atomic mass is 9.88. The van der Waals surface area contributed by atoms with Crippen molar-refractivity contribution in [1.29, 1.82) is 0 Å². The van der Waals surface area contributed by atoms with Crippen molar-refractivity contribution in [1.82, 2.24) is 0 Å². The van der Waals surface area contributed by atoms with Crippen LogP contribution < -0.4 is 9.80 Å². The summed E-state index contributed by atoms with van der Waals surface area (Å²) in [5.41, 5.74) is 6.38. The van der Waals surface area contributed by atoms with Gasteiger partial charge in [-0.05, 0) is 65.4 Å². The minimum Gasteiger partial charge on any atom is -0.388 e. The molecule has 5 nitrogen and oxygen atoms in total. The van der Waals surface area contributed by atoms with Crippen molar-refractivity contribution in [3.63, 3.8) is 0 Å². The molecule has 0 atom stereocenters. The number of rotatable bonds is 8. The van der Waals surface area contributed by atoms with Crippen LogP contribution in [0.1, 0.15) is 43.2 Å². The third kappa shape index (κ3) is 8.15. The molecule has 3 aromatic rings. The monoisotopic (exact) mass is 512 g/mol. The maximum absolute atomic E-state index is 13.7. The molecule has 0 bridgehead atoms. The Morgan fingerprint density at radius 1 is 0.868 bits per heavy atom. The standard InChI is InChI=1S/C31H34N2O2.C2H6O/c1-32(2)29-19-17-27(18-20-29)26-15-13-25(14-16-26)23-33(31(35)28-10-4-3-5-11-28)30-12-6-8-24(22-30)9-7-21-34;1-3-2/h6-9,12-22,28H,3-5,10-11,23H2,1-2H3;1-2H3/b9-7+;. The highest BCUT2D eigenvalue weighted by Gasteiger charge is 2.27. The van der Waals surface area contributed by atoms with Crippen molar-refractivity contribution >= 4 is 29.6 Å². The summed E-state index contributed by atoms with van der Waals surface area (Å²) in [5.74, 6) is 0.275. The number of ether oxygens (including phenoxy) is 1. The first-order chi connectivity index (χ1) is 18.5. The number of aldehydes is 1. The molecule has 200 valence electrons. The van der Waals surface area contributed by atoms with E-state index < -0.39 is 0 Å². The normalized spacial score (nSPS) is 13.5. The quantitative estimate of drug-likeness (QED) is 0.241. The fourth-order valence-electron chi connectivity index (χ4n) is 4.75. The van der Waals surface area contributed by atoms with Gasteiger partial charge in [-0.1, -0.05) is 73.9 Å². The van der Waals surface area contributed by atoms with Crippen molar-refractivity contribution in [2.24, 2.45) is 5.92 Å². The van der Waals surface area contributed by atoms with Crippen LogP contribution in [0.3, 0.4) is 0 Å². The lowest BCUT2D eigenvalue weighted by Gasteiger charge is -2.30. The topological polar surface area (TPSA) is 49.9 Å². The van der Waals surface area contributed by atoms with Gasteiger partial charge < -0.3 is 14.5 Å². The van der Waals surface area contributed by atoms with E-state index in [4.69, 9.17) is 0 Å². The second kappa shape index (κ2) is 14.9. The Morgan fingerprint density at radius 3 is 2.05 bits per heavy atom. The van der Waals surface area contributed by atoms with Gasteiger partial charge in [-0.2, -0.15) is 0 Å². The first-order valence-corrected chi connectivity index (χ1v) is 13.3. The molecule has 1 amide bonds. The average Bonchev–Trinajstić information content (AvgIpc) is 2.96. The third-order valence-corrected chi connectivity index (χ3v) is 6.78. The largest absolute Gasteiger partial charge is 0.388 e. The summed E-state index contributed by atoms with van der Waals surface area (Å²) in [6.07, 6.45) is 9.40. The highest BCUT2D eigenvalue weighted by Crippen LogP contribution is 2.30. The van der Waals surface area contributed by atoms with E-state index in [2.05, 4.69) is 58.2 Å². The molecule has 3 aromatic carbocycles. The van der Waals surface area contributed by atoms with Crippen LogP contribution in [0.25, 0.3) is 17.2 Å². The third-order valence-electron chi connectivity index (χ3n) is 6.78. The van der Waals surface area contributed by atoms with E-state index in [9.17, 15) is 9.59 Å². The van der Waals surface area contributed by atoms with Crippen molar-refractivity contribution < 1.29 is 14.3 Å². The fourth-order valence-corrected chi connectivity index (χ4v) is 4.75. The van der Waals surface area contributed by atoms with E-state index in [1.54, 1.807) is 20.3 Å². The number of carbonyl (C=O) groups excluding carboxylic acids is 2. The van der Waals surface area contributed by atoms with Gasteiger partial charge in [-0.15, -0.1) is 0 Å². The molecule has 1 fully saturated rings. The summed E-state index contributed by atoms with van der Waals surface area (Å²) in [7, 11) is 7.33. The van der Waals surface area contributed by atoms with Gasteiger partial charge in [0.1, 0.15) is 6.29 Å². The molecule has 0 spiro atoms. The summed E-state index contributed by atoms with van der Waals surface area (Å²) in [4.78, 5) is 28.4. The molecular weight excluding hydrogens is 472 g/mol. The van der Waals surface area contributed by atoms with Gasteiger partial charge in [0.15, 0.2) is 0 Å². The number of nitrogens with zero attached hydrogens (tertiary/aromatic N) is 2. The first kappa shape index (κ1) is 28.9. The van der Waals surface area contributed by atoms with Gasteiger partial charge in [-0.3, -0.25) is 9.59 Å². The van der Waals surface area contributed by atoms with Crippen molar-refractivity contribution in [2.75, 3.05) is 38.1 Å². The molecule has 0 N–H and O–H groups in total. The summed E-state index contributed by atoms with van der Waals surface area (Å²) in [5, 5.41) is 0. The smallest absolute Gasteiger partial charge is 0.230 e. The minimum absolute atomic E-state index is 0.0763. The zero-order chi connectivity index (χ0) is 27.3. The summed E-state index contributed by atoms with van der Waals surface area (Å²) in [6.45, 7) is 0.524. The molecule has 5 heteroatoms. The predicted octanol–water partition coefficient (Wildman–Crippen LogP) is 7.01. The van der Waals surface area contributed by atoms with Gasteiger partial charge in [0.25, 0.3) is 0 Å². The van der Waals surface area contributed by atoms with E-state index in [1.807, 2.05) is 43.3 Å². The van der Waals surface area contributed by atoms with Gasteiger partial charge in [0, 0.05) is 45.6 Å². The first-order valence-electron chi connectivity index (χ1n) is 13.3. The SMILES string of the molecule is CN(C)c1ccc(-c2ccc(CN(C(=O)C3CCCCC3)c3cccc(/C=C/C=O)c3)cc2)cc1.COC. The Bertz CT molecular complexity index is 1180. The maximum atomic E-state index is 13.7. The van der Waals surface area contributed by atoms with Crippen molar-refractivity contribution in [2.45, 2.75) is 38.6 Å². The lowest BCUT2D eigenvalue weighted by Crippen LogP contribution is -2.36. The Hall–Kier alpha value is -3.70. The summed E-state index contributed by atoms with van der Waals surface area (Å²) < 4.78 is 4.25. The molecule has 0 aliphatic heterocycles. The van der Waals surface area contributed by atoms with E-state index in [0.29, 0.717) is 6.54 Å². The molecule has 4 rings (SSSR count). The fraction of sp³-hybridized carbons (Fsp3) is 0.333. The van der Waals surface area contributed by atoms with Crippen LogP contribution in [-0.2, 0) is 20.9 Å². The molecule has 0 saturated heterocycles. The van der Waals surface area contributed by atoms with Gasteiger partial charge >= 0.3 is 0 Å². The number of hydrogen-bond acceptors (Lipinski definition) is 4. The van der Waals surface area contributed by atoms with Crippen LogP contribution in [-0.4, -0.2) is 40.5 Å². The molecule has 0 aromatic heterocycles. The number of allylic oxidation sites excluding steroid dienone is 1. The van der Waals surface area contributed by atoms with Crippen LogP contribution in [0, 0.1) is 5.92 Å². The number of anilines is 2. The predicted molar refractivity (Wildman–Crippen MR) is 158 cm³/mol. The molecule has 38 heavy (non-hydrogen) atoms. The Balaban J connectivity index is 0.00000127. The van der Waals surface area contributed by atoms with Crippen LogP contribution in [0.2, 0.25) is 0 Å². The highest BCUT2D eigenvalue weighted by atomic mass is 16.4. The summed E-state index contributed by atoms with van der Waals surface area (Å²) >= 11 is 0. The van der Waals surface area contributed by atoms with Crippen LogP contribution in [0.15, 0.2) is 78.9 Å². The van der Waals surface area contributed by atoms with E-state index in [1.165, 1.54) is 23.7 Å². The summed E-state index contributed by atoms with van der Waals surface area (Å²) in [6, 6.07) is 24.9. The average molecular weight is 513 g/mol. The van der Waals surface area contributed by atoms with E-state index >= 15 is 0 Å². The molecule has 0 radical (unpaired) electrons. The molecule has 1 aliphatic carbocycles. The highest BCUT2D eigenvalue weighted by molar-refractivity contribution is 5.95. The Morgan fingerprint density at radius 2 is 1.47 bits per heavy atom. The number of benzene rings is 3. The van der Waals surface area contributed by atoms with Crippen molar-refractivity contribution in [3.8, 4) is 11.1 Å². The van der Waals surface area contributed by atoms with Crippen LogP contribution >= 0.6 is 0 Å². The molecule has 1 aliphatic rings. The van der Waals surface area contributed by atoms with Crippen molar-refractivity contribution in [3.05, 3.63) is 90.0 Å². The lowest BCUT2D eigenvalue weighted by molar-refractivity contribution is -0.123. The minimum atomic E-state index is 0.0763. The van der Waals surface area contributed by atoms with E-state index in [0.717, 1.165) is 54.3 Å². The molecular formula is C33H40N2O3.